The zero-order valence-electron chi connectivity index (χ0n) is 10.8. The molecule has 0 aromatic rings. The molecule has 2 fully saturated rings. The van der Waals surface area contributed by atoms with Crippen molar-refractivity contribution in [2.75, 3.05) is 18.2 Å². The lowest BCUT2D eigenvalue weighted by atomic mass is 9.94. The maximum atomic E-state index is 12.4. The molecule has 0 aliphatic carbocycles. The highest BCUT2D eigenvalue weighted by Gasteiger charge is 2.38. The molecule has 102 valence electrons. The SMILES string of the molecule is CC1CCN(C(=O)N2CSCC2C(=O)O)C(C)C1. The summed E-state index contributed by atoms with van der Waals surface area (Å²) in [5.41, 5.74) is 0. The number of carboxylic acids is 1. The summed E-state index contributed by atoms with van der Waals surface area (Å²) in [7, 11) is 0. The molecule has 3 unspecified atom stereocenters. The zero-order valence-corrected chi connectivity index (χ0v) is 11.7. The van der Waals surface area contributed by atoms with Crippen molar-refractivity contribution < 1.29 is 14.7 Å². The Labute approximate surface area is 112 Å². The van der Waals surface area contributed by atoms with Crippen LogP contribution in [0.5, 0.6) is 0 Å². The predicted octanol–water partition coefficient (Wildman–Crippen LogP) is 1.69. The molecule has 0 saturated carbocycles. The number of aliphatic carboxylic acids is 1. The van der Waals surface area contributed by atoms with E-state index in [-0.39, 0.29) is 12.1 Å². The van der Waals surface area contributed by atoms with E-state index in [1.807, 2.05) is 11.8 Å². The molecule has 0 radical (unpaired) electrons. The van der Waals surface area contributed by atoms with Crippen LogP contribution in [0.2, 0.25) is 0 Å². The third-order valence-electron chi connectivity index (χ3n) is 3.80. The lowest BCUT2D eigenvalue weighted by Crippen LogP contribution is -2.53. The van der Waals surface area contributed by atoms with Crippen LogP contribution in [-0.4, -0.2) is 57.2 Å². The van der Waals surface area contributed by atoms with Crippen LogP contribution in [-0.2, 0) is 4.79 Å². The fraction of sp³-hybridized carbons (Fsp3) is 0.833. The van der Waals surface area contributed by atoms with Gasteiger partial charge in [-0.15, -0.1) is 11.8 Å². The van der Waals surface area contributed by atoms with Crippen molar-refractivity contribution in [3.05, 3.63) is 0 Å². The molecule has 0 aromatic carbocycles. The Morgan fingerprint density at radius 1 is 1.28 bits per heavy atom. The molecule has 2 aliphatic heterocycles. The van der Waals surface area contributed by atoms with Crippen LogP contribution < -0.4 is 0 Å². The van der Waals surface area contributed by atoms with Crippen molar-refractivity contribution in [3.8, 4) is 0 Å². The number of carbonyl (C=O) groups is 2. The largest absolute Gasteiger partial charge is 0.480 e. The summed E-state index contributed by atoms with van der Waals surface area (Å²) in [6.07, 6.45) is 2.01. The van der Waals surface area contributed by atoms with Gasteiger partial charge in [0.1, 0.15) is 6.04 Å². The second-order valence-corrected chi connectivity index (χ2v) is 6.28. The molecule has 2 heterocycles. The van der Waals surface area contributed by atoms with Gasteiger partial charge in [-0.2, -0.15) is 0 Å². The summed E-state index contributed by atoms with van der Waals surface area (Å²) < 4.78 is 0. The molecule has 0 spiro atoms. The number of urea groups is 1. The number of nitrogens with zero attached hydrogens (tertiary/aromatic N) is 2. The first-order valence-corrected chi connectivity index (χ1v) is 7.54. The number of likely N-dealkylation sites (tertiary alicyclic amines) is 1. The van der Waals surface area contributed by atoms with Gasteiger partial charge in [0.15, 0.2) is 0 Å². The molecule has 18 heavy (non-hydrogen) atoms. The van der Waals surface area contributed by atoms with Gasteiger partial charge < -0.3 is 14.9 Å². The first-order chi connectivity index (χ1) is 8.50. The Morgan fingerprint density at radius 3 is 2.61 bits per heavy atom. The highest BCUT2D eigenvalue weighted by atomic mass is 32.2. The van der Waals surface area contributed by atoms with Crippen LogP contribution in [0.3, 0.4) is 0 Å². The highest BCUT2D eigenvalue weighted by molar-refractivity contribution is 7.99. The van der Waals surface area contributed by atoms with E-state index >= 15 is 0 Å². The molecule has 0 bridgehead atoms. The Morgan fingerprint density at radius 2 is 2.00 bits per heavy atom. The number of amides is 2. The summed E-state index contributed by atoms with van der Waals surface area (Å²) in [6, 6.07) is -0.554. The fourth-order valence-corrected chi connectivity index (χ4v) is 3.83. The third kappa shape index (κ3) is 2.58. The minimum absolute atomic E-state index is 0.105. The molecule has 2 saturated heterocycles. The van der Waals surface area contributed by atoms with Gasteiger partial charge in [0, 0.05) is 18.3 Å². The molecule has 5 nitrogen and oxygen atoms in total. The molecular formula is C12H20N2O3S. The fourth-order valence-electron chi connectivity index (χ4n) is 2.69. The number of thioether (sulfide) groups is 1. The van der Waals surface area contributed by atoms with Crippen LogP contribution in [0.1, 0.15) is 26.7 Å². The van der Waals surface area contributed by atoms with Crippen molar-refractivity contribution in [2.45, 2.75) is 38.8 Å². The maximum Gasteiger partial charge on any atom is 0.327 e. The molecule has 2 amide bonds. The van der Waals surface area contributed by atoms with Gasteiger partial charge in [-0.25, -0.2) is 9.59 Å². The van der Waals surface area contributed by atoms with E-state index in [9.17, 15) is 9.59 Å². The van der Waals surface area contributed by atoms with Gasteiger partial charge in [-0.1, -0.05) is 6.92 Å². The van der Waals surface area contributed by atoms with Gasteiger partial charge in [0.25, 0.3) is 0 Å². The van der Waals surface area contributed by atoms with Gasteiger partial charge in [0.2, 0.25) is 0 Å². The average molecular weight is 272 g/mol. The quantitative estimate of drug-likeness (QED) is 0.789. The van der Waals surface area contributed by atoms with Crippen molar-refractivity contribution in [2.24, 2.45) is 5.92 Å². The number of carbonyl (C=O) groups excluding carboxylic acids is 1. The average Bonchev–Trinajstić information content (AvgIpc) is 2.77. The van der Waals surface area contributed by atoms with E-state index in [0.717, 1.165) is 19.4 Å². The monoisotopic (exact) mass is 272 g/mol. The van der Waals surface area contributed by atoms with Crippen LogP contribution in [0.25, 0.3) is 0 Å². The number of hydrogen-bond donors (Lipinski definition) is 1. The van der Waals surface area contributed by atoms with E-state index in [0.29, 0.717) is 17.5 Å². The molecule has 2 aliphatic rings. The van der Waals surface area contributed by atoms with Gasteiger partial charge >= 0.3 is 12.0 Å². The normalized spacial score (nSPS) is 32.7. The van der Waals surface area contributed by atoms with E-state index in [1.54, 1.807) is 0 Å². The van der Waals surface area contributed by atoms with Crippen molar-refractivity contribution in [3.63, 3.8) is 0 Å². The minimum Gasteiger partial charge on any atom is -0.480 e. The van der Waals surface area contributed by atoms with Crippen LogP contribution in [0.4, 0.5) is 4.79 Å². The third-order valence-corrected chi connectivity index (χ3v) is 4.81. The summed E-state index contributed by atoms with van der Waals surface area (Å²) in [6.45, 7) is 4.99. The van der Waals surface area contributed by atoms with E-state index in [4.69, 9.17) is 5.11 Å². The molecule has 2 rings (SSSR count). The maximum absolute atomic E-state index is 12.4. The first-order valence-electron chi connectivity index (χ1n) is 6.38. The second kappa shape index (κ2) is 5.38. The zero-order chi connectivity index (χ0) is 13.3. The summed E-state index contributed by atoms with van der Waals surface area (Å²) in [5.74, 6) is 0.743. The van der Waals surface area contributed by atoms with Gasteiger partial charge in [-0.3, -0.25) is 0 Å². The van der Waals surface area contributed by atoms with Crippen molar-refractivity contribution >= 4 is 23.8 Å². The van der Waals surface area contributed by atoms with Crippen molar-refractivity contribution in [1.29, 1.82) is 0 Å². The smallest absolute Gasteiger partial charge is 0.327 e. The lowest BCUT2D eigenvalue weighted by Gasteiger charge is -2.39. The number of piperidine rings is 1. The second-order valence-electron chi connectivity index (χ2n) is 5.28. The molecule has 6 heteroatoms. The molecule has 3 atom stereocenters. The molecular weight excluding hydrogens is 252 g/mol. The number of hydrogen-bond acceptors (Lipinski definition) is 3. The highest BCUT2D eigenvalue weighted by Crippen LogP contribution is 2.27. The van der Waals surface area contributed by atoms with E-state index in [1.165, 1.54) is 16.7 Å². The Kier molecular flexibility index (Phi) is 4.04. The van der Waals surface area contributed by atoms with E-state index < -0.39 is 12.0 Å². The molecule has 0 aromatic heterocycles. The lowest BCUT2D eigenvalue weighted by molar-refractivity contribution is -0.141. The van der Waals surface area contributed by atoms with Crippen molar-refractivity contribution in [1.82, 2.24) is 9.80 Å². The topological polar surface area (TPSA) is 60.9 Å². The first kappa shape index (κ1) is 13.5. The predicted molar refractivity (Wildman–Crippen MR) is 70.5 cm³/mol. The van der Waals surface area contributed by atoms with Crippen LogP contribution >= 0.6 is 11.8 Å². The Balaban J connectivity index is 2.04. The van der Waals surface area contributed by atoms with Gasteiger partial charge in [0.05, 0.1) is 5.88 Å². The summed E-state index contributed by atoms with van der Waals surface area (Å²) in [5, 5.41) is 9.11. The van der Waals surface area contributed by atoms with Gasteiger partial charge in [-0.05, 0) is 25.7 Å². The van der Waals surface area contributed by atoms with E-state index in [2.05, 4.69) is 6.92 Å². The Bertz CT molecular complexity index is 350. The number of carboxylic acid groups (broad SMARTS) is 1. The minimum atomic E-state index is -0.897. The Hall–Kier alpha value is -0.910. The summed E-state index contributed by atoms with van der Waals surface area (Å²) in [4.78, 5) is 26.8. The van der Waals surface area contributed by atoms with Crippen LogP contribution in [0.15, 0.2) is 0 Å². The van der Waals surface area contributed by atoms with Crippen LogP contribution in [0, 0.1) is 5.92 Å². The standard InChI is InChI=1S/C12H20N2O3S/c1-8-3-4-13(9(2)5-8)12(17)14-7-18-6-10(14)11(15)16/h8-10H,3-7H2,1-2H3,(H,15,16). The summed E-state index contributed by atoms with van der Waals surface area (Å²) >= 11 is 1.51. The molecule has 1 N–H and O–H groups in total. The number of rotatable bonds is 1.